The second kappa shape index (κ2) is 6.33. The number of thiazole rings is 1. The van der Waals surface area contributed by atoms with Crippen LogP contribution in [-0.4, -0.2) is 65.5 Å². The molecule has 2 aromatic rings. The van der Waals surface area contributed by atoms with Crippen LogP contribution in [0.15, 0.2) is 24.3 Å². The van der Waals surface area contributed by atoms with Gasteiger partial charge in [-0.05, 0) is 32.4 Å². The first-order chi connectivity index (χ1) is 11.6. The molecule has 1 aromatic carbocycles. The summed E-state index contributed by atoms with van der Waals surface area (Å²) in [5.74, 6) is 0.318. The Kier molecular flexibility index (Phi) is 4.18. The number of carbonyl (C=O) groups excluding carboxylic acids is 1. The first-order valence-electron chi connectivity index (χ1n) is 8.78. The van der Waals surface area contributed by atoms with Gasteiger partial charge in [-0.1, -0.05) is 23.5 Å². The third kappa shape index (κ3) is 2.78. The number of likely N-dealkylation sites (tertiary alicyclic amines) is 1. The lowest BCUT2D eigenvalue weighted by Gasteiger charge is -2.37. The highest BCUT2D eigenvalue weighted by Gasteiger charge is 2.38. The minimum absolute atomic E-state index is 0.0879. The first kappa shape index (κ1) is 15.8. The van der Waals surface area contributed by atoms with E-state index in [1.54, 1.807) is 11.3 Å². The summed E-state index contributed by atoms with van der Waals surface area (Å²) in [5, 5.41) is 1.11. The summed E-state index contributed by atoms with van der Waals surface area (Å²) in [6.07, 6.45) is 0.970. The van der Waals surface area contributed by atoms with Gasteiger partial charge in [0.05, 0.1) is 16.3 Å². The number of amides is 1. The van der Waals surface area contributed by atoms with Crippen LogP contribution in [0.3, 0.4) is 0 Å². The zero-order valence-electron chi connectivity index (χ0n) is 14.3. The van der Waals surface area contributed by atoms with Crippen LogP contribution in [0.1, 0.15) is 20.3 Å². The Hall–Kier alpha value is -1.66. The fourth-order valence-electron chi connectivity index (χ4n) is 3.76. The highest BCUT2D eigenvalue weighted by molar-refractivity contribution is 7.22. The molecule has 0 bridgehead atoms. The minimum Gasteiger partial charge on any atom is -0.345 e. The van der Waals surface area contributed by atoms with Gasteiger partial charge in [0.1, 0.15) is 0 Å². The third-order valence-electron chi connectivity index (χ3n) is 5.14. The van der Waals surface area contributed by atoms with Gasteiger partial charge in [0.2, 0.25) is 5.91 Å². The van der Waals surface area contributed by atoms with E-state index in [0.717, 1.165) is 49.8 Å². The Labute approximate surface area is 146 Å². The van der Waals surface area contributed by atoms with E-state index in [1.165, 1.54) is 4.70 Å². The maximum atomic E-state index is 12.6. The van der Waals surface area contributed by atoms with Crippen molar-refractivity contribution in [3.05, 3.63) is 24.3 Å². The number of piperazine rings is 1. The SMILES string of the molecule is CC(C)N1CCC(N2CCN(c3nc4ccccc4s3)CC2)C1=O. The largest absolute Gasteiger partial charge is 0.345 e. The van der Waals surface area contributed by atoms with Crippen LogP contribution in [0, 0.1) is 0 Å². The predicted octanol–water partition coefficient (Wildman–Crippen LogP) is 2.43. The molecule has 0 spiro atoms. The molecule has 3 heterocycles. The number of hydrogen-bond acceptors (Lipinski definition) is 5. The summed E-state index contributed by atoms with van der Waals surface area (Å²) in [7, 11) is 0. The molecule has 128 valence electrons. The fraction of sp³-hybridized carbons (Fsp3) is 0.556. The second-order valence-corrected chi connectivity index (χ2v) is 7.93. The van der Waals surface area contributed by atoms with Crippen molar-refractivity contribution in [2.75, 3.05) is 37.6 Å². The molecule has 1 amide bonds. The van der Waals surface area contributed by atoms with E-state index < -0.39 is 0 Å². The first-order valence-corrected chi connectivity index (χ1v) is 9.60. The molecule has 24 heavy (non-hydrogen) atoms. The van der Waals surface area contributed by atoms with Crippen molar-refractivity contribution in [3.8, 4) is 0 Å². The molecule has 5 nitrogen and oxygen atoms in total. The zero-order chi connectivity index (χ0) is 16.7. The lowest BCUT2D eigenvalue weighted by Crippen LogP contribution is -2.53. The van der Waals surface area contributed by atoms with Crippen molar-refractivity contribution in [2.45, 2.75) is 32.4 Å². The van der Waals surface area contributed by atoms with E-state index in [4.69, 9.17) is 4.98 Å². The van der Waals surface area contributed by atoms with Gasteiger partial charge in [0.25, 0.3) is 0 Å². The van der Waals surface area contributed by atoms with Gasteiger partial charge in [-0.25, -0.2) is 4.98 Å². The summed E-state index contributed by atoms with van der Waals surface area (Å²) in [6, 6.07) is 8.70. The molecule has 2 aliphatic rings. The number of anilines is 1. The number of nitrogens with zero attached hydrogens (tertiary/aromatic N) is 4. The van der Waals surface area contributed by atoms with E-state index in [9.17, 15) is 4.79 Å². The normalized spacial score (nSPS) is 23.0. The van der Waals surface area contributed by atoms with E-state index in [-0.39, 0.29) is 6.04 Å². The van der Waals surface area contributed by atoms with Crippen LogP contribution in [-0.2, 0) is 4.79 Å². The number of para-hydroxylation sites is 1. The van der Waals surface area contributed by atoms with Crippen molar-refractivity contribution < 1.29 is 4.79 Å². The topological polar surface area (TPSA) is 39.7 Å². The van der Waals surface area contributed by atoms with Crippen molar-refractivity contribution in [2.24, 2.45) is 0 Å². The average molecular weight is 344 g/mol. The summed E-state index contributed by atoms with van der Waals surface area (Å²) >= 11 is 1.76. The van der Waals surface area contributed by atoms with E-state index in [2.05, 4.69) is 41.8 Å². The highest BCUT2D eigenvalue weighted by atomic mass is 32.1. The Morgan fingerprint density at radius 1 is 1.12 bits per heavy atom. The van der Waals surface area contributed by atoms with E-state index in [1.807, 2.05) is 11.0 Å². The van der Waals surface area contributed by atoms with Crippen molar-refractivity contribution in [1.82, 2.24) is 14.8 Å². The predicted molar refractivity (Wildman–Crippen MR) is 98.7 cm³/mol. The molecular formula is C18H24N4OS. The fourth-order valence-corrected chi connectivity index (χ4v) is 4.78. The van der Waals surface area contributed by atoms with Crippen molar-refractivity contribution >= 4 is 32.6 Å². The molecule has 0 aliphatic carbocycles. The standard InChI is InChI=1S/C18H24N4OS/c1-13(2)22-8-7-15(17(22)23)20-9-11-21(12-10-20)18-19-14-5-3-4-6-16(14)24-18/h3-6,13,15H,7-12H2,1-2H3. The smallest absolute Gasteiger partial charge is 0.240 e. The molecule has 1 unspecified atom stereocenters. The van der Waals surface area contributed by atoms with Crippen molar-refractivity contribution in [1.29, 1.82) is 0 Å². The molecule has 0 N–H and O–H groups in total. The maximum absolute atomic E-state index is 12.6. The summed E-state index contributed by atoms with van der Waals surface area (Å²) in [4.78, 5) is 24.1. The van der Waals surface area contributed by atoms with Gasteiger partial charge >= 0.3 is 0 Å². The Morgan fingerprint density at radius 2 is 1.88 bits per heavy atom. The molecular weight excluding hydrogens is 320 g/mol. The molecule has 1 aromatic heterocycles. The zero-order valence-corrected chi connectivity index (χ0v) is 15.1. The number of benzene rings is 1. The van der Waals surface area contributed by atoms with Crippen LogP contribution in [0.2, 0.25) is 0 Å². The van der Waals surface area contributed by atoms with Crippen LogP contribution in [0.25, 0.3) is 10.2 Å². The van der Waals surface area contributed by atoms with Gasteiger partial charge in [0, 0.05) is 38.8 Å². The van der Waals surface area contributed by atoms with Crippen molar-refractivity contribution in [3.63, 3.8) is 0 Å². The molecule has 0 saturated carbocycles. The Balaban J connectivity index is 1.41. The Morgan fingerprint density at radius 3 is 2.54 bits per heavy atom. The highest BCUT2D eigenvalue weighted by Crippen LogP contribution is 2.30. The molecule has 4 rings (SSSR count). The van der Waals surface area contributed by atoms with Crippen LogP contribution in [0.4, 0.5) is 5.13 Å². The average Bonchev–Trinajstić information content (AvgIpc) is 3.18. The Bertz CT molecular complexity index is 702. The van der Waals surface area contributed by atoms with Crippen LogP contribution >= 0.6 is 11.3 Å². The quantitative estimate of drug-likeness (QED) is 0.857. The number of carbonyl (C=O) groups is 1. The monoisotopic (exact) mass is 344 g/mol. The molecule has 2 aliphatic heterocycles. The third-order valence-corrected chi connectivity index (χ3v) is 6.24. The van der Waals surface area contributed by atoms with E-state index >= 15 is 0 Å². The molecule has 1 atom stereocenters. The van der Waals surface area contributed by atoms with Crippen LogP contribution in [0.5, 0.6) is 0 Å². The van der Waals surface area contributed by atoms with Gasteiger partial charge in [-0.2, -0.15) is 0 Å². The maximum Gasteiger partial charge on any atom is 0.240 e. The number of aromatic nitrogens is 1. The van der Waals surface area contributed by atoms with Gasteiger partial charge in [-0.3, -0.25) is 9.69 Å². The van der Waals surface area contributed by atoms with E-state index in [0.29, 0.717) is 11.9 Å². The molecule has 0 radical (unpaired) electrons. The number of hydrogen-bond donors (Lipinski definition) is 0. The summed E-state index contributed by atoms with van der Waals surface area (Å²) < 4.78 is 1.24. The summed E-state index contributed by atoms with van der Waals surface area (Å²) in [6.45, 7) is 8.89. The van der Waals surface area contributed by atoms with Crippen LogP contribution < -0.4 is 4.90 Å². The lowest BCUT2D eigenvalue weighted by molar-refractivity contribution is -0.133. The molecule has 2 saturated heterocycles. The molecule has 2 fully saturated rings. The van der Waals surface area contributed by atoms with Gasteiger partial charge in [0.15, 0.2) is 5.13 Å². The van der Waals surface area contributed by atoms with Gasteiger partial charge < -0.3 is 9.80 Å². The van der Waals surface area contributed by atoms with Gasteiger partial charge in [-0.15, -0.1) is 0 Å². The second-order valence-electron chi connectivity index (χ2n) is 6.92. The lowest BCUT2D eigenvalue weighted by atomic mass is 10.2. The summed E-state index contributed by atoms with van der Waals surface area (Å²) in [5.41, 5.74) is 1.08. The molecule has 6 heteroatoms. The minimum atomic E-state index is 0.0879. The number of rotatable bonds is 3. The number of fused-ring (bicyclic) bond motifs is 1.